The number of hydrogen-bond donors (Lipinski definition) is 2. The van der Waals surface area contributed by atoms with Crippen molar-refractivity contribution in [3.8, 4) is 11.1 Å². The van der Waals surface area contributed by atoms with Gasteiger partial charge in [0.2, 0.25) is 5.89 Å². The number of fused-ring (bicyclic) bond motifs is 2. The van der Waals surface area contributed by atoms with Crippen molar-refractivity contribution in [3.63, 3.8) is 0 Å². The summed E-state index contributed by atoms with van der Waals surface area (Å²) in [7, 11) is 3.10. The van der Waals surface area contributed by atoms with Gasteiger partial charge in [-0.3, -0.25) is 4.79 Å². The lowest BCUT2D eigenvalue weighted by molar-refractivity contribution is 0.0824. The molecule has 1 aliphatic heterocycles. The lowest BCUT2D eigenvalue weighted by Crippen LogP contribution is -2.25. The minimum atomic E-state index is -0.706. The van der Waals surface area contributed by atoms with Crippen LogP contribution in [0.1, 0.15) is 52.8 Å². The molecule has 2 atom stereocenters. The molecule has 2 aromatic heterocycles. The van der Waals surface area contributed by atoms with Gasteiger partial charge in [-0.15, -0.1) is 0 Å². The second kappa shape index (κ2) is 7.69. The molecule has 1 aliphatic carbocycles. The quantitative estimate of drug-likeness (QED) is 0.553. The molecule has 1 spiro atoms. The van der Waals surface area contributed by atoms with Crippen LogP contribution in [0.5, 0.6) is 0 Å². The molecule has 1 saturated carbocycles. The normalized spacial score (nSPS) is 21.3. The fraction of sp³-hybridized carbons (Fsp3) is 0.391. The van der Waals surface area contributed by atoms with Gasteiger partial charge >= 0.3 is 0 Å². The topological polar surface area (TPSA) is 110 Å². The number of nitrogens with two attached hydrogens (primary N) is 1. The van der Waals surface area contributed by atoms with Gasteiger partial charge in [-0.25, -0.2) is 9.37 Å². The highest BCUT2D eigenvalue weighted by Crippen LogP contribution is 2.55. The molecule has 33 heavy (non-hydrogen) atoms. The summed E-state index contributed by atoms with van der Waals surface area (Å²) in [6.07, 6.45) is 4.05. The fourth-order valence-corrected chi connectivity index (χ4v) is 5.52. The van der Waals surface area contributed by atoms with Gasteiger partial charge in [0.05, 0.1) is 10.6 Å². The summed E-state index contributed by atoms with van der Waals surface area (Å²) in [5.74, 6) is 0.851. The third-order valence-electron chi connectivity index (χ3n) is 6.73. The molecule has 2 aliphatic rings. The molecule has 10 heteroatoms. The number of benzene rings is 1. The Morgan fingerprint density at radius 1 is 1.36 bits per heavy atom. The van der Waals surface area contributed by atoms with Crippen molar-refractivity contribution in [3.05, 3.63) is 52.0 Å². The zero-order chi connectivity index (χ0) is 23.5. The van der Waals surface area contributed by atoms with Crippen LogP contribution in [0.15, 0.2) is 22.9 Å². The van der Waals surface area contributed by atoms with Crippen molar-refractivity contribution in [2.75, 3.05) is 31.7 Å². The van der Waals surface area contributed by atoms with E-state index < -0.39 is 11.7 Å². The molecule has 3 aromatic rings. The van der Waals surface area contributed by atoms with E-state index in [1.807, 2.05) is 0 Å². The summed E-state index contributed by atoms with van der Waals surface area (Å²) >= 11 is 6.94. The van der Waals surface area contributed by atoms with E-state index in [1.54, 1.807) is 33.3 Å². The van der Waals surface area contributed by atoms with E-state index in [4.69, 9.17) is 21.9 Å². The first kappa shape index (κ1) is 21.6. The van der Waals surface area contributed by atoms with Crippen molar-refractivity contribution in [1.82, 2.24) is 20.0 Å². The van der Waals surface area contributed by atoms with Gasteiger partial charge in [0.1, 0.15) is 11.6 Å². The van der Waals surface area contributed by atoms with Crippen LogP contribution in [0.4, 0.5) is 15.9 Å². The first-order valence-electron chi connectivity index (χ1n) is 10.7. The maximum absolute atomic E-state index is 15.6. The molecule has 1 aromatic carbocycles. The summed E-state index contributed by atoms with van der Waals surface area (Å²) in [5, 5.41) is 7.71. The van der Waals surface area contributed by atoms with E-state index in [0.29, 0.717) is 34.7 Å². The standard InChI is InChI=1S/C23H24ClFN6O2/c1-11-29-21(33-30-11)12-6-7-23(8-12)10-28-20-17(23)18(24)14(9-27-20)13-4-5-15(26)16(19(13)25)22(32)31(2)3/h4-5,9,12H,6-8,10,26H2,1-3H3,(H,27,28)/t12-,23-/m0/s1. The van der Waals surface area contributed by atoms with E-state index in [9.17, 15) is 4.79 Å². The van der Waals surface area contributed by atoms with Crippen LogP contribution in [0.25, 0.3) is 11.1 Å². The predicted molar refractivity (Wildman–Crippen MR) is 123 cm³/mol. The number of amides is 1. The van der Waals surface area contributed by atoms with Gasteiger partial charge < -0.3 is 20.5 Å². The van der Waals surface area contributed by atoms with Gasteiger partial charge in [0.15, 0.2) is 5.82 Å². The summed E-state index contributed by atoms with van der Waals surface area (Å²) in [6.45, 7) is 2.48. The lowest BCUT2D eigenvalue weighted by atomic mass is 9.79. The van der Waals surface area contributed by atoms with E-state index in [0.717, 1.165) is 24.8 Å². The molecule has 8 nitrogen and oxygen atoms in total. The average molecular weight is 471 g/mol. The van der Waals surface area contributed by atoms with Crippen molar-refractivity contribution in [2.24, 2.45) is 0 Å². The number of nitrogen functional groups attached to an aromatic ring is 1. The van der Waals surface area contributed by atoms with Crippen LogP contribution in [-0.4, -0.2) is 46.6 Å². The molecule has 0 unspecified atom stereocenters. The highest BCUT2D eigenvalue weighted by atomic mass is 35.5. The summed E-state index contributed by atoms with van der Waals surface area (Å²) in [4.78, 5) is 22.8. The number of pyridine rings is 1. The smallest absolute Gasteiger partial charge is 0.258 e. The van der Waals surface area contributed by atoms with E-state index >= 15 is 4.39 Å². The minimum absolute atomic E-state index is 0.0758. The SMILES string of the molecule is Cc1noc([C@H]2CC[C@@]3(CNc4ncc(-c5ccc(N)c(C(=O)N(C)C)c5F)c(Cl)c43)C2)n1. The van der Waals surface area contributed by atoms with E-state index in [-0.39, 0.29) is 28.1 Å². The Hall–Kier alpha value is -3.20. The molecule has 3 heterocycles. The van der Waals surface area contributed by atoms with Crippen LogP contribution in [0.2, 0.25) is 5.02 Å². The van der Waals surface area contributed by atoms with Gasteiger partial charge in [-0.1, -0.05) is 16.8 Å². The Labute approximate surface area is 195 Å². The van der Waals surface area contributed by atoms with Crippen LogP contribution in [0.3, 0.4) is 0 Å². The van der Waals surface area contributed by atoms with Crippen molar-refractivity contribution in [2.45, 2.75) is 37.5 Å². The van der Waals surface area contributed by atoms with Gasteiger partial charge in [-0.05, 0) is 38.3 Å². The molecule has 1 fully saturated rings. The second-order valence-corrected chi connectivity index (χ2v) is 9.43. The highest BCUT2D eigenvalue weighted by molar-refractivity contribution is 6.34. The number of nitrogens with one attached hydrogen (secondary N) is 1. The Kier molecular flexibility index (Phi) is 5.04. The number of carbonyl (C=O) groups excluding carboxylic acids is 1. The van der Waals surface area contributed by atoms with Gasteiger partial charge in [0, 0.05) is 60.5 Å². The molecule has 0 radical (unpaired) electrons. The number of hydrogen-bond acceptors (Lipinski definition) is 7. The second-order valence-electron chi connectivity index (χ2n) is 9.05. The molecule has 3 N–H and O–H groups in total. The molecule has 172 valence electrons. The van der Waals surface area contributed by atoms with E-state index in [2.05, 4.69) is 20.4 Å². The van der Waals surface area contributed by atoms with E-state index in [1.165, 1.54) is 11.0 Å². The Balaban J connectivity index is 1.58. The first-order valence-corrected chi connectivity index (χ1v) is 11.1. The average Bonchev–Trinajstić information content (AvgIpc) is 3.49. The summed E-state index contributed by atoms with van der Waals surface area (Å²) in [6, 6.07) is 3.07. The maximum atomic E-state index is 15.6. The van der Waals surface area contributed by atoms with Crippen LogP contribution < -0.4 is 11.1 Å². The Morgan fingerprint density at radius 2 is 2.15 bits per heavy atom. The monoisotopic (exact) mass is 470 g/mol. The largest absolute Gasteiger partial charge is 0.398 e. The van der Waals surface area contributed by atoms with Crippen LogP contribution >= 0.6 is 11.6 Å². The fourth-order valence-electron chi connectivity index (χ4n) is 5.08. The van der Waals surface area contributed by atoms with Crippen LogP contribution in [0, 0.1) is 12.7 Å². The third kappa shape index (κ3) is 3.33. The number of aromatic nitrogens is 3. The number of rotatable bonds is 3. The van der Waals surface area contributed by atoms with Gasteiger partial charge in [0.25, 0.3) is 5.91 Å². The van der Waals surface area contributed by atoms with Crippen molar-refractivity contribution < 1.29 is 13.7 Å². The zero-order valence-electron chi connectivity index (χ0n) is 18.6. The number of halogens is 2. The minimum Gasteiger partial charge on any atom is -0.398 e. The van der Waals surface area contributed by atoms with Gasteiger partial charge in [-0.2, -0.15) is 4.98 Å². The summed E-state index contributed by atoms with van der Waals surface area (Å²) < 4.78 is 21.0. The zero-order valence-corrected chi connectivity index (χ0v) is 19.3. The number of nitrogens with zero attached hydrogens (tertiary/aromatic N) is 4. The molecule has 5 rings (SSSR count). The maximum Gasteiger partial charge on any atom is 0.258 e. The molecule has 0 bridgehead atoms. The third-order valence-corrected chi connectivity index (χ3v) is 7.12. The molecule has 1 amide bonds. The number of aryl methyl sites for hydroxylation is 1. The Bertz CT molecular complexity index is 1280. The number of anilines is 2. The lowest BCUT2D eigenvalue weighted by Gasteiger charge is -2.25. The molecule has 0 saturated heterocycles. The first-order chi connectivity index (χ1) is 15.7. The molecular formula is C23H24ClFN6O2. The number of carbonyl (C=O) groups is 1. The van der Waals surface area contributed by atoms with Crippen molar-refractivity contribution >= 4 is 29.0 Å². The summed E-state index contributed by atoms with van der Waals surface area (Å²) in [5.41, 5.74) is 7.07. The van der Waals surface area contributed by atoms with Crippen LogP contribution in [-0.2, 0) is 5.41 Å². The highest BCUT2D eigenvalue weighted by Gasteiger charge is 2.49. The molecular weight excluding hydrogens is 447 g/mol. The predicted octanol–water partition coefficient (Wildman–Crippen LogP) is 4.15. The van der Waals surface area contributed by atoms with Crippen molar-refractivity contribution in [1.29, 1.82) is 0 Å². The Morgan fingerprint density at radius 3 is 2.85 bits per heavy atom.